The van der Waals surface area contributed by atoms with Crippen LogP contribution >= 0.6 is 11.8 Å². The summed E-state index contributed by atoms with van der Waals surface area (Å²) >= 11 is 1.66. The molecule has 3 heteroatoms. The van der Waals surface area contributed by atoms with Gasteiger partial charge in [0.25, 0.3) is 0 Å². The fourth-order valence-corrected chi connectivity index (χ4v) is 2.09. The molecule has 2 unspecified atom stereocenters. The van der Waals surface area contributed by atoms with Crippen LogP contribution in [0.2, 0.25) is 0 Å². The molecular formula is C6H9NOS. The Morgan fingerprint density at radius 1 is 1.89 bits per heavy atom. The van der Waals surface area contributed by atoms with Gasteiger partial charge in [-0.3, -0.25) is 0 Å². The van der Waals surface area contributed by atoms with Gasteiger partial charge >= 0.3 is 0 Å². The molecule has 50 valence electrons. The second-order valence-corrected chi connectivity index (χ2v) is 3.90. The van der Waals surface area contributed by atoms with Crippen molar-refractivity contribution < 1.29 is 5.11 Å². The third-order valence-corrected chi connectivity index (χ3v) is 2.82. The summed E-state index contributed by atoms with van der Waals surface area (Å²) in [4.78, 5) is 0. The van der Waals surface area contributed by atoms with Crippen molar-refractivity contribution in [1.29, 1.82) is 5.26 Å². The monoisotopic (exact) mass is 143 g/mol. The first-order valence-electron chi connectivity index (χ1n) is 2.91. The van der Waals surface area contributed by atoms with Crippen LogP contribution in [0, 0.1) is 11.3 Å². The summed E-state index contributed by atoms with van der Waals surface area (Å²) in [5.74, 6) is 0.574. The van der Waals surface area contributed by atoms with Crippen LogP contribution in [0.1, 0.15) is 13.3 Å². The van der Waals surface area contributed by atoms with Crippen molar-refractivity contribution in [2.24, 2.45) is 0 Å². The maximum atomic E-state index is 9.29. The number of aliphatic hydroxyl groups is 1. The predicted octanol–water partition coefficient (Wildman–Crippen LogP) is 0.766. The average molecular weight is 143 g/mol. The van der Waals surface area contributed by atoms with Crippen LogP contribution in [0.3, 0.4) is 0 Å². The molecule has 1 N–H and O–H groups in total. The third kappa shape index (κ3) is 1.38. The lowest BCUT2D eigenvalue weighted by Gasteiger charge is -2.08. The Balaban J connectivity index is 2.58. The van der Waals surface area contributed by atoms with E-state index in [9.17, 15) is 5.11 Å². The summed E-state index contributed by atoms with van der Waals surface area (Å²) in [5.41, 5.74) is -1.02. The van der Waals surface area contributed by atoms with E-state index < -0.39 is 5.60 Å². The minimum atomic E-state index is -1.02. The molecule has 1 aliphatic heterocycles. The quantitative estimate of drug-likeness (QED) is 0.509. The van der Waals surface area contributed by atoms with Gasteiger partial charge in [0.1, 0.15) is 0 Å². The molecule has 1 fully saturated rings. The zero-order valence-electron chi connectivity index (χ0n) is 5.29. The number of nitrogens with zero attached hydrogens (tertiary/aromatic N) is 1. The van der Waals surface area contributed by atoms with Crippen molar-refractivity contribution in [3.63, 3.8) is 0 Å². The molecule has 0 aromatic rings. The van der Waals surface area contributed by atoms with Crippen molar-refractivity contribution >= 4 is 11.8 Å². The lowest BCUT2D eigenvalue weighted by atomic mass is 10.0. The van der Waals surface area contributed by atoms with Gasteiger partial charge in [0.15, 0.2) is 5.60 Å². The Bertz CT molecular complexity index is 154. The average Bonchev–Trinajstić information content (AvgIpc) is 2.13. The van der Waals surface area contributed by atoms with Gasteiger partial charge in [-0.1, -0.05) is 6.92 Å². The lowest BCUT2D eigenvalue weighted by Crippen LogP contribution is -2.25. The molecule has 0 amide bonds. The number of thioether (sulfide) groups is 1. The van der Waals surface area contributed by atoms with Crippen molar-refractivity contribution in [1.82, 2.24) is 0 Å². The van der Waals surface area contributed by atoms with Gasteiger partial charge < -0.3 is 5.11 Å². The van der Waals surface area contributed by atoms with Crippen molar-refractivity contribution in [2.75, 3.05) is 5.75 Å². The second kappa shape index (κ2) is 2.20. The van der Waals surface area contributed by atoms with Gasteiger partial charge in [0.2, 0.25) is 0 Å². The largest absolute Gasteiger partial charge is 0.374 e. The molecule has 9 heavy (non-hydrogen) atoms. The van der Waals surface area contributed by atoms with Crippen molar-refractivity contribution in [3.8, 4) is 6.07 Å². The molecule has 0 aliphatic carbocycles. The molecule has 1 saturated heterocycles. The fourth-order valence-electron chi connectivity index (χ4n) is 0.951. The highest BCUT2D eigenvalue weighted by Crippen LogP contribution is 2.33. The van der Waals surface area contributed by atoms with E-state index >= 15 is 0 Å². The number of hydrogen-bond acceptors (Lipinski definition) is 3. The van der Waals surface area contributed by atoms with E-state index in [4.69, 9.17) is 5.26 Å². The van der Waals surface area contributed by atoms with E-state index in [0.717, 1.165) is 0 Å². The number of hydrogen-bond donors (Lipinski definition) is 1. The molecule has 1 aliphatic rings. The Morgan fingerprint density at radius 3 is 2.78 bits per heavy atom. The first-order chi connectivity index (χ1) is 4.16. The summed E-state index contributed by atoms with van der Waals surface area (Å²) in [5, 5.41) is 18.2. The zero-order chi connectivity index (χ0) is 6.91. The van der Waals surface area contributed by atoms with E-state index in [0.29, 0.717) is 17.4 Å². The normalized spacial score (nSPS) is 42.6. The topological polar surface area (TPSA) is 44.0 Å². The van der Waals surface area contributed by atoms with Crippen LogP contribution < -0.4 is 0 Å². The number of rotatable bonds is 0. The molecule has 0 aromatic heterocycles. The molecule has 0 radical (unpaired) electrons. The molecule has 2 nitrogen and oxygen atoms in total. The lowest BCUT2D eigenvalue weighted by molar-refractivity contribution is 0.123. The Labute approximate surface area is 58.9 Å². The smallest absolute Gasteiger partial charge is 0.161 e. The summed E-state index contributed by atoms with van der Waals surface area (Å²) in [6.07, 6.45) is 0.619. The minimum Gasteiger partial charge on any atom is -0.374 e. The van der Waals surface area contributed by atoms with Gasteiger partial charge in [-0.15, -0.1) is 0 Å². The van der Waals surface area contributed by atoms with Gasteiger partial charge in [0.05, 0.1) is 6.07 Å². The van der Waals surface area contributed by atoms with Crippen LogP contribution in [-0.2, 0) is 0 Å². The zero-order valence-corrected chi connectivity index (χ0v) is 6.11. The van der Waals surface area contributed by atoms with Crippen LogP contribution in [-0.4, -0.2) is 21.7 Å². The maximum Gasteiger partial charge on any atom is 0.161 e. The SMILES string of the molecule is CC1CC(O)(C#N)CS1. The molecule has 1 heterocycles. The summed E-state index contributed by atoms with van der Waals surface area (Å²) < 4.78 is 0. The predicted molar refractivity (Wildman–Crippen MR) is 37.1 cm³/mol. The van der Waals surface area contributed by atoms with E-state index in [1.54, 1.807) is 11.8 Å². The molecule has 0 spiro atoms. The van der Waals surface area contributed by atoms with Gasteiger partial charge in [-0.25, -0.2) is 0 Å². The fraction of sp³-hybridized carbons (Fsp3) is 0.833. The molecule has 1 rings (SSSR count). The van der Waals surface area contributed by atoms with E-state index in [-0.39, 0.29) is 0 Å². The standard InChI is InChI=1S/C6H9NOS/c1-5-2-6(8,3-7)4-9-5/h5,8H,2,4H2,1H3. The van der Waals surface area contributed by atoms with Gasteiger partial charge in [-0.05, 0) is 0 Å². The van der Waals surface area contributed by atoms with Crippen molar-refractivity contribution in [3.05, 3.63) is 0 Å². The van der Waals surface area contributed by atoms with Crippen LogP contribution in [0.5, 0.6) is 0 Å². The molecule has 0 saturated carbocycles. The highest BCUT2D eigenvalue weighted by molar-refractivity contribution is 8.00. The van der Waals surface area contributed by atoms with E-state index in [1.807, 2.05) is 13.0 Å². The molecular weight excluding hydrogens is 134 g/mol. The number of nitriles is 1. The van der Waals surface area contributed by atoms with Crippen LogP contribution in [0.25, 0.3) is 0 Å². The first kappa shape index (κ1) is 6.91. The highest BCUT2D eigenvalue weighted by atomic mass is 32.2. The summed E-state index contributed by atoms with van der Waals surface area (Å²) in [6, 6.07) is 1.91. The molecule has 2 atom stereocenters. The first-order valence-corrected chi connectivity index (χ1v) is 3.96. The maximum absolute atomic E-state index is 9.29. The highest BCUT2D eigenvalue weighted by Gasteiger charge is 2.35. The van der Waals surface area contributed by atoms with Gasteiger partial charge in [-0.2, -0.15) is 17.0 Å². The van der Waals surface area contributed by atoms with E-state index in [1.165, 1.54) is 0 Å². The Morgan fingerprint density at radius 2 is 2.56 bits per heavy atom. The summed E-state index contributed by atoms with van der Waals surface area (Å²) in [7, 11) is 0. The van der Waals surface area contributed by atoms with Crippen molar-refractivity contribution in [2.45, 2.75) is 24.2 Å². The summed E-state index contributed by atoms with van der Waals surface area (Å²) in [6.45, 7) is 2.03. The van der Waals surface area contributed by atoms with Crippen LogP contribution in [0.15, 0.2) is 0 Å². The minimum absolute atomic E-state index is 0.439. The molecule has 0 bridgehead atoms. The second-order valence-electron chi connectivity index (χ2n) is 2.47. The van der Waals surface area contributed by atoms with E-state index in [2.05, 4.69) is 0 Å². The third-order valence-electron chi connectivity index (χ3n) is 1.44. The molecule has 0 aromatic carbocycles. The van der Waals surface area contributed by atoms with Gasteiger partial charge in [0, 0.05) is 17.4 Å². The Hall–Kier alpha value is -0.200. The Kier molecular flexibility index (Phi) is 1.69. The van der Waals surface area contributed by atoms with Crippen LogP contribution in [0.4, 0.5) is 0 Å².